The molecule has 3 aromatic heterocycles. The number of hydrogen-bond donors (Lipinski definition) is 2. The molecule has 11 nitrogen and oxygen atoms in total. The second-order valence-corrected chi connectivity index (χ2v) is 8.72. The summed E-state index contributed by atoms with van der Waals surface area (Å²) in [6.07, 6.45) is 3.01. The smallest absolute Gasteiger partial charge is 0.350 e. The molecule has 0 aliphatic carbocycles. The third-order valence-corrected chi connectivity index (χ3v) is 5.30. The van der Waals surface area contributed by atoms with Crippen molar-refractivity contribution in [2.24, 2.45) is 0 Å². The zero-order valence-electron chi connectivity index (χ0n) is 18.9. The highest BCUT2D eigenvalue weighted by atomic mass is 19.3. The highest BCUT2D eigenvalue weighted by molar-refractivity contribution is 5.34. The van der Waals surface area contributed by atoms with Crippen molar-refractivity contribution in [3.63, 3.8) is 0 Å². The van der Waals surface area contributed by atoms with Crippen molar-refractivity contribution in [2.75, 3.05) is 0 Å². The molecule has 0 amide bonds. The fourth-order valence-corrected chi connectivity index (χ4v) is 3.58. The van der Waals surface area contributed by atoms with Crippen LogP contribution in [0.1, 0.15) is 25.1 Å². The van der Waals surface area contributed by atoms with E-state index in [2.05, 4.69) is 25.6 Å². The van der Waals surface area contributed by atoms with E-state index in [0.717, 1.165) is 51.0 Å². The summed E-state index contributed by atoms with van der Waals surface area (Å²) in [5.74, 6) is -6.68. The van der Waals surface area contributed by atoms with Gasteiger partial charge in [-0.25, -0.2) is 27.5 Å². The summed E-state index contributed by atoms with van der Waals surface area (Å²) in [4.78, 5) is 16.3. The Bertz CT molecular complexity index is 1410. The third kappa shape index (κ3) is 4.61. The number of nitrogens with zero attached hydrogens (tertiary/aromatic N) is 8. The summed E-state index contributed by atoms with van der Waals surface area (Å²) in [7, 11) is 0. The number of aromatic nitrogens is 8. The average molecular weight is 508 g/mol. The minimum absolute atomic E-state index is 0.0681. The Balaban J connectivity index is 1.74. The van der Waals surface area contributed by atoms with Crippen LogP contribution in [-0.4, -0.2) is 55.4 Å². The monoisotopic (exact) mass is 508 g/mol. The van der Waals surface area contributed by atoms with Gasteiger partial charge in [-0.05, 0) is 48.5 Å². The first-order valence-corrected chi connectivity index (χ1v) is 10.4. The molecule has 0 bridgehead atoms. The molecule has 0 radical (unpaired) electrons. The number of pyridine rings is 1. The topological polar surface area (TPSA) is 137 Å². The van der Waals surface area contributed by atoms with Crippen molar-refractivity contribution < 1.29 is 27.8 Å². The highest BCUT2D eigenvalue weighted by Crippen LogP contribution is 2.46. The standard InChI is InChI=1S/C21H20F4N8O3/c1-19(2,35)9-33-18(34)32(12-28-33)14-4-6-17(26-8-14)21(24,25)20(36,10-31-11-27-29-30-31)15-5-3-13(22)7-16(15)23/h3-8,11-12,35-36H,9-10H2,1-2H3. The molecule has 0 aliphatic heterocycles. The molecule has 1 unspecified atom stereocenters. The van der Waals surface area contributed by atoms with Crippen molar-refractivity contribution in [1.82, 2.24) is 39.5 Å². The van der Waals surface area contributed by atoms with Gasteiger partial charge in [0.15, 0.2) is 5.60 Å². The number of hydrogen-bond acceptors (Lipinski definition) is 8. The Labute approximate surface area is 200 Å². The molecule has 190 valence electrons. The second kappa shape index (κ2) is 8.91. The number of alkyl halides is 2. The fraction of sp³-hybridized carbons (Fsp3) is 0.333. The van der Waals surface area contributed by atoms with Gasteiger partial charge in [0, 0.05) is 11.6 Å². The van der Waals surface area contributed by atoms with Crippen LogP contribution in [0, 0.1) is 11.6 Å². The minimum atomic E-state index is -4.24. The van der Waals surface area contributed by atoms with E-state index in [4.69, 9.17) is 0 Å². The molecular formula is C21H20F4N8O3. The van der Waals surface area contributed by atoms with Gasteiger partial charge in [0.1, 0.15) is 30.0 Å². The summed E-state index contributed by atoms with van der Waals surface area (Å²) in [6.45, 7) is 1.85. The van der Waals surface area contributed by atoms with Gasteiger partial charge in [0.25, 0.3) is 0 Å². The van der Waals surface area contributed by atoms with Gasteiger partial charge in [-0.3, -0.25) is 4.98 Å². The molecule has 15 heteroatoms. The molecule has 1 aromatic carbocycles. The maximum atomic E-state index is 15.8. The molecule has 4 aromatic rings. The molecule has 0 saturated carbocycles. The Morgan fingerprint density at radius 1 is 1.03 bits per heavy atom. The number of tetrazole rings is 1. The van der Waals surface area contributed by atoms with E-state index >= 15 is 8.78 Å². The third-order valence-electron chi connectivity index (χ3n) is 5.30. The number of halogens is 4. The van der Waals surface area contributed by atoms with E-state index < -0.39 is 52.3 Å². The zero-order chi connectivity index (χ0) is 26.3. The van der Waals surface area contributed by atoms with Crippen molar-refractivity contribution in [3.05, 3.63) is 82.6 Å². The molecule has 1 atom stereocenters. The molecule has 2 N–H and O–H groups in total. The molecule has 4 rings (SSSR count). The number of aliphatic hydroxyl groups is 2. The normalized spacial score (nSPS) is 14.1. The Morgan fingerprint density at radius 2 is 1.78 bits per heavy atom. The molecule has 0 fully saturated rings. The fourth-order valence-electron chi connectivity index (χ4n) is 3.58. The summed E-state index contributed by atoms with van der Waals surface area (Å²) in [6, 6.07) is 3.78. The van der Waals surface area contributed by atoms with E-state index in [1.165, 1.54) is 13.8 Å². The predicted octanol–water partition coefficient (Wildman–Crippen LogP) is 1.14. The van der Waals surface area contributed by atoms with Gasteiger partial charge in [-0.15, -0.1) is 5.10 Å². The molecule has 0 spiro atoms. The lowest BCUT2D eigenvalue weighted by Gasteiger charge is -2.35. The second-order valence-electron chi connectivity index (χ2n) is 8.72. The summed E-state index contributed by atoms with van der Waals surface area (Å²) in [5.41, 5.74) is -6.97. The van der Waals surface area contributed by atoms with Crippen LogP contribution in [0.2, 0.25) is 0 Å². The van der Waals surface area contributed by atoms with Gasteiger partial charge >= 0.3 is 11.6 Å². The lowest BCUT2D eigenvalue weighted by molar-refractivity contribution is -0.207. The van der Waals surface area contributed by atoms with Crippen molar-refractivity contribution >= 4 is 0 Å². The molecular weight excluding hydrogens is 488 g/mol. The van der Waals surface area contributed by atoms with Gasteiger partial charge in [0.05, 0.1) is 30.6 Å². The SMILES string of the molecule is CC(C)(O)Cn1ncn(-c2ccc(C(F)(F)C(O)(Cn3cnnn3)c3ccc(F)cc3F)nc2)c1=O. The Kier molecular flexibility index (Phi) is 6.22. The van der Waals surface area contributed by atoms with Crippen molar-refractivity contribution in [2.45, 2.75) is 44.1 Å². The minimum Gasteiger partial charge on any atom is -0.389 e. The first-order chi connectivity index (χ1) is 16.8. The average Bonchev–Trinajstić information content (AvgIpc) is 3.42. The zero-order valence-corrected chi connectivity index (χ0v) is 18.9. The van der Waals surface area contributed by atoms with Crippen LogP contribution in [0.5, 0.6) is 0 Å². The van der Waals surface area contributed by atoms with Crippen LogP contribution in [0.4, 0.5) is 17.6 Å². The summed E-state index contributed by atoms with van der Waals surface area (Å²) < 4.78 is 62.4. The first kappa shape index (κ1) is 25.1. The number of benzene rings is 1. The van der Waals surface area contributed by atoms with Crippen LogP contribution in [-0.2, 0) is 24.6 Å². The Morgan fingerprint density at radius 3 is 2.36 bits per heavy atom. The van der Waals surface area contributed by atoms with E-state index in [1.54, 1.807) is 0 Å². The molecule has 36 heavy (non-hydrogen) atoms. The van der Waals surface area contributed by atoms with E-state index in [-0.39, 0.29) is 12.2 Å². The molecule has 0 aliphatic rings. The van der Waals surface area contributed by atoms with Crippen LogP contribution in [0.25, 0.3) is 5.69 Å². The quantitative estimate of drug-likeness (QED) is 0.338. The lowest BCUT2D eigenvalue weighted by Crippen LogP contribution is -2.48. The van der Waals surface area contributed by atoms with Gasteiger partial charge in [-0.2, -0.15) is 13.9 Å². The van der Waals surface area contributed by atoms with Crippen LogP contribution in [0.15, 0.2) is 54.0 Å². The van der Waals surface area contributed by atoms with Crippen LogP contribution in [0.3, 0.4) is 0 Å². The summed E-state index contributed by atoms with van der Waals surface area (Å²) >= 11 is 0. The van der Waals surface area contributed by atoms with E-state index in [0.29, 0.717) is 12.1 Å². The predicted molar refractivity (Wildman–Crippen MR) is 114 cm³/mol. The van der Waals surface area contributed by atoms with Gasteiger partial charge < -0.3 is 10.2 Å². The van der Waals surface area contributed by atoms with Gasteiger partial charge in [-0.1, -0.05) is 0 Å². The number of rotatable bonds is 8. The highest BCUT2D eigenvalue weighted by Gasteiger charge is 2.58. The van der Waals surface area contributed by atoms with Crippen molar-refractivity contribution in [3.8, 4) is 5.69 Å². The van der Waals surface area contributed by atoms with E-state index in [9.17, 15) is 23.8 Å². The Hall–Kier alpha value is -3.98. The molecule has 3 heterocycles. The maximum absolute atomic E-state index is 15.8. The molecule has 0 saturated heterocycles. The van der Waals surface area contributed by atoms with Gasteiger partial charge in [0.2, 0.25) is 0 Å². The largest absolute Gasteiger partial charge is 0.389 e. The van der Waals surface area contributed by atoms with Crippen molar-refractivity contribution in [1.29, 1.82) is 0 Å². The van der Waals surface area contributed by atoms with Crippen LogP contribution < -0.4 is 5.69 Å². The maximum Gasteiger partial charge on any atom is 0.350 e. The van der Waals surface area contributed by atoms with E-state index in [1.807, 2.05) is 0 Å². The first-order valence-electron chi connectivity index (χ1n) is 10.4. The van der Waals surface area contributed by atoms with Crippen LogP contribution >= 0.6 is 0 Å². The summed E-state index contributed by atoms with van der Waals surface area (Å²) in [5, 5.41) is 35.1. The lowest BCUT2D eigenvalue weighted by atomic mass is 9.84.